The first-order chi connectivity index (χ1) is 8.02. The summed E-state index contributed by atoms with van der Waals surface area (Å²) in [5, 5.41) is 8.86. The first-order valence-electron chi connectivity index (χ1n) is 5.30. The van der Waals surface area contributed by atoms with Gasteiger partial charge in [-0.05, 0) is 42.2 Å². The van der Waals surface area contributed by atoms with E-state index in [0.29, 0.717) is 6.42 Å². The molecule has 0 aromatic heterocycles. The minimum atomic E-state index is -0.879. The summed E-state index contributed by atoms with van der Waals surface area (Å²) in [5.74, 6) is -1.13. The van der Waals surface area contributed by atoms with Gasteiger partial charge in [0.1, 0.15) is 0 Å². The third kappa shape index (κ3) is 2.02. The van der Waals surface area contributed by atoms with E-state index in [1.807, 2.05) is 6.92 Å². The number of rotatable bonds is 3. The molecule has 0 unspecified atom stereocenters. The van der Waals surface area contributed by atoms with E-state index in [2.05, 4.69) is 0 Å². The lowest BCUT2D eigenvalue weighted by Gasteiger charge is -2.08. The largest absolute Gasteiger partial charge is 0.494 e. The van der Waals surface area contributed by atoms with Gasteiger partial charge in [0, 0.05) is 0 Å². The molecule has 90 valence electrons. The Bertz CT molecular complexity index is 518. The van der Waals surface area contributed by atoms with Crippen LogP contribution in [0.2, 0.25) is 0 Å². The molecule has 0 saturated carbocycles. The van der Waals surface area contributed by atoms with Crippen molar-refractivity contribution in [2.24, 2.45) is 0 Å². The number of hydrogen-bond acceptors (Lipinski definition) is 2. The van der Waals surface area contributed by atoms with E-state index in [1.165, 1.54) is 13.2 Å². The summed E-state index contributed by atoms with van der Waals surface area (Å²) < 4.78 is 18.4. The summed E-state index contributed by atoms with van der Waals surface area (Å²) in [5.41, 5.74) is 3.38. The van der Waals surface area contributed by atoms with Crippen LogP contribution in [0.1, 0.15) is 24.5 Å². The molecule has 1 aliphatic carbocycles. The van der Waals surface area contributed by atoms with Crippen LogP contribution < -0.4 is 4.74 Å². The zero-order chi connectivity index (χ0) is 12.6. The molecule has 0 spiro atoms. The molecule has 1 N–H and O–H groups in total. The molecule has 4 heteroatoms. The van der Waals surface area contributed by atoms with Crippen LogP contribution in [0.25, 0.3) is 5.57 Å². The van der Waals surface area contributed by atoms with E-state index in [9.17, 15) is 9.18 Å². The maximum Gasteiger partial charge on any atom is 0.307 e. The first-order valence-corrected chi connectivity index (χ1v) is 5.30. The lowest BCUT2D eigenvalue weighted by atomic mass is 10.0. The standard InChI is InChI=1S/C13H13FO3/c1-7-3-8-4-11(14)12(17-2)5-10(8)9(7)6-13(15)16/h4-5H,3,6H2,1-2H3,(H,15,16). The molecule has 0 saturated heterocycles. The molecule has 3 nitrogen and oxygen atoms in total. The molecule has 0 heterocycles. The monoisotopic (exact) mass is 236 g/mol. The van der Waals surface area contributed by atoms with Gasteiger partial charge < -0.3 is 9.84 Å². The van der Waals surface area contributed by atoms with Crippen LogP contribution in [-0.2, 0) is 11.2 Å². The number of aliphatic carboxylic acids is 1. The third-order valence-corrected chi connectivity index (χ3v) is 3.00. The number of halogens is 1. The van der Waals surface area contributed by atoms with E-state index in [1.54, 1.807) is 6.07 Å². The first kappa shape index (κ1) is 11.6. The van der Waals surface area contributed by atoms with Gasteiger partial charge >= 0.3 is 5.97 Å². The zero-order valence-corrected chi connectivity index (χ0v) is 9.71. The summed E-state index contributed by atoms with van der Waals surface area (Å²) in [6.45, 7) is 1.88. The lowest BCUT2D eigenvalue weighted by molar-refractivity contribution is -0.135. The smallest absolute Gasteiger partial charge is 0.307 e. The molecule has 0 amide bonds. The van der Waals surface area contributed by atoms with E-state index in [0.717, 1.165) is 22.3 Å². The minimum absolute atomic E-state index is 0.0341. The fourth-order valence-corrected chi connectivity index (χ4v) is 2.20. The number of ether oxygens (including phenoxy) is 1. The van der Waals surface area contributed by atoms with Crippen LogP contribution >= 0.6 is 0 Å². The summed E-state index contributed by atoms with van der Waals surface area (Å²) in [6.07, 6.45) is 0.576. The molecular formula is C13H13FO3. The summed E-state index contributed by atoms with van der Waals surface area (Å²) in [6, 6.07) is 3.01. The summed E-state index contributed by atoms with van der Waals surface area (Å²) >= 11 is 0. The van der Waals surface area contributed by atoms with Gasteiger partial charge in [0.25, 0.3) is 0 Å². The van der Waals surface area contributed by atoms with Crippen LogP contribution in [0.3, 0.4) is 0 Å². The van der Waals surface area contributed by atoms with Crippen molar-refractivity contribution < 1.29 is 19.0 Å². The number of methoxy groups -OCH3 is 1. The highest BCUT2D eigenvalue weighted by atomic mass is 19.1. The Hall–Kier alpha value is -1.84. The van der Waals surface area contributed by atoms with E-state index >= 15 is 0 Å². The molecule has 17 heavy (non-hydrogen) atoms. The molecule has 0 atom stereocenters. The number of carboxylic acid groups (broad SMARTS) is 1. The quantitative estimate of drug-likeness (QED) is 0.877. The number of allylic oxidation sites excluding steroid dienone is 1. The third-order valence-electron chi connectivity index (χ3n) is 3.00. The number of hydrogen-bond donors (Lipinski definition) is 1. The predicted octanol–water partition coefficient (Wildman–Crippen LogP) is 2.64. The lowest BCUT2D eigenvalue weighted by Crippen LogP contribution is -1.98. The maximum absolute atomic E-state index is 13.5. The van der Waals surface area contributed by atoms with Crippen molar-refractivity contribution >= 4 is 11.5 Å². The molecule has 2 rings (SSSR count). The summed E-state index contributed by atoms with van der Waals surface area (Å²) in [7, 11) is 1.40. The Morgan fingerprint density at radius 1 is 1.53 bits per heavy atom. The van der Waals surface area contributed by atoms with Crippen LogP contribution in [0.5, 0.6) is 5.75 Å². The van der Waals surface area contributed by atoms with Crippen molar-refractivity contribution in [1.29, 1.82) is 0 Å². The van der Waals surface area contributed by atoms with E-state index in [-0.39, 0.29) is 12.2 Å². The SMILES string of the molecule is COc1cc2c(cc1F)CC(C)=C2CC(=O)O. The molecular weight excluding hydrogens is 223 g/mol. The van der Waals surface area contributed by atoms with Gasteiger partial charge in [-0.2, -0.15) is 0 Å². The molecule has 1 aliphatic rings. The van der Waals surface area contributed by atoms with E-state index in [4.69, 9.17) is 9.84 Å². The Morgan fingerprint density at radius 2 is 2.24 bits per heavy atom. The molecule has 0 bridgehead atoms. The van der Waals surface area contributed by atoms with Gasteiger partial charge in [0.05, 0.1) is 13.5 Å². The van der Waals surface area contributed by atoms with Crippen molar-refractivity contribution in [3.8, 4) is 5.75 Å². The van der Waals surface area contributed by atoms with Crippen LogP contribution in [-0.4, -0.2) is 18.2 Å². The number of carboxylic acids is 1. The Balaban J connectivity index is 2.48. The molecule has 0 radical (unpaired) electrons. The predicted molar refractivity (Wildman–Crippen MR) is 61.5 cm³/mol. The van der Waals surface area contributed by atoms with Gasteiger partial charge in [-0.1, -0.05) is 5.57 Å². The Morgan fingerprint density at radius 3 is 2.82 bits per heavy atom. The average molecular weight is 236 g/mol. The summed E-state index contributed by atoms with van der Waals surface area (Å²) in [4.78, 5) is 10.8. The molecule has 0 fully saturated rings. The van der Waals surface area contributed by atoms with E-state index < -0.39 is 11.8 Å². The Labute approximate surface area is 98.5 Å². The van der Waals surface area contributed by atoms with Crippen molar-refractivity contribution in [3.63, 3.8) is 0 Å². The van der Waals surface area contributed by atoms with Gasteiger partial charge in [0.15, 0.2) is 11.6 Å². The number of benzene rings is 1. The number of carbonyl (C=O) groups is 1. The van der Waals surface area contributed by atoms with Crippen molar-refractivity contribution in [1.82, 2.24) is 0 Å². The number of fused-ring (bicyclic) bond motifs is 1. The minimum Gasteiger partial charge on any atom is -0.494 e. The van der Waals surface area contributed by atoms with Crippen molar-refractivity contribution in [3.05, 3.63) is 34.6 Å². The second-order valence-corrected chi connectivity index (χ2v) is 4.15. The molecule has 1 aromatic carbocycles. The van der Waals surface area contributed by atoms with Crippen LogP contribution in [0.4, 0.5) is 4.39 Å². The van der Waals surface area contributed by atoms with Gasteiger partial charge in [-0.25, -0.2) is 4.39 Å². The van der Waals surface area contributed by atoms with Gasteiger partial charge in [0.2, 0.25) is 0 Å². The zero-order valence-electron chi connectivity index (χ0n) is 9.71. The van der Waals surface area contributed by atoms with Crippen molar-refractivity contribution in [2.45, 2.75) is 19.8 Å². The topological polar surface area (TPSA) is 46.5 Å². The normalized spacial score (nSPS) is 13.8. The fourth-order valence-electron chi connectivity index (χ4n) is 2.20. The molecule has 1 aromatic rings. The highest BCUT2D eigenvalue weighted by molar-refractivity contribution is 5.88. The second kappa shape index (κ2) is 4.20. The van der Waals surface area contributed by atoms with Crippen LogP contribution in [0.15, 0.2) is 17.7 Å². The van der Waals surface area contributed by atoms with Crippen LogP contribution in [0, 0.1) is 5.82 Å². The fraction of sp³-hybridized carbons (Fsp3) is 0.308. The highest BCUT2D eigenvalue weighted by Crippen LogP contribution is 2.38. The maximum atomic E-state index is 13.5. The molecule has 0 aliphatic heterocycles. The highest BCUT2D eigenvalue weighted by Gasteiger charge is 2.23. The van der Waals surface area contributed by atoms with Gasteiger partial charge in [-0.15, -0.1) is 0 Å². The Kier molecular flexibility index (Phi) is 2.88. The van der Waals surface area contributed by atoms with Crippen molar-refractivity contribution in [2.75, 3.05) is 7.11 Å². The van der Waals surface area contributed by atoms with Gasteiger partial charge in [-0.3, -0.25) is 4.79 Å². The average Bonchev–Trinajstić information content (AvgIpc) is 2.53. The second-order valence-electron chi connectivity index (χ2n) is 4.15.